The average Bonchev–Trinajstić information content (AvgIpc) is 2.20. The van der Waals surface area contributed by atoms with Crippen molar-refractivity contribution in [3.63, 3.8) is 0 Å². The first-order chi connectivity index (χ1) is 6.33. The van der Waals surface area contributed by atoms with Crippen LogP contribution >= 0.6 is 9.39 Å². The third-order valence-electron chi connectivity index (χ3n) is 2.62. The summed E-state index contributed by atoms with van der Waals surface area (Å²) in [6, 6.07) is 0. The van der Waals surface area contributed by atoms with Crippen LogP contribution in [0.2, 0.25) is 0 Å². The van der Waals surface area contributed by atoms with Gasteiger partial charge in [-0.05, 0) is 18.8 Å². The van der Waals surface area contributed by atoms with Crippen molar-refractivity contribution in [1.29, 1.82) is 0 Å². The molecule has 3 heteroatoms. The summed E-state index contributed by atoms with van der Waals surface area (Å²) in [6.45, 7) is 8.86. The van der Waals surface area contributed by atoms with E-state index in [1.807, 2.05) is 13.8 Å². The second-order valence-electron chi connectivity index (χ2n) is 3.62. The normalized spacial score (nSPS) is 18.0. The Morgan fingerprint density at radius 3 is 2.14 bits per heavy atom. The number of nitrogens with zero attached hydrogens (tertiary/aromatic N) is 1. The van der Waals surface area contributed by atoms with Gasteiger partial charge in [0.2, 0.25) is 0 Å². The van der Waals surface area contributed by atoms with E-state index in [0.29, 0.717) is 0 Å². The molecule has 88 valence electrons. The van der Waals surface area contributed by atoms with E-state index in [4.69, 9.17) is 0 Å². The van der Waals surface area contributed by atoms with Crippen molar-refractivity contribution in [3.8, 4) is 0 Å². The summed E-state index contributed by atoms with van der Waals surface area (Å²) in [6.07, 6.45) is 7.10. The van der Waals surface area contributed by atoms with Crippen LogP contribution in [0.1, 0.15) is 52.9 Å². The topological polar surface area (TPSA) is 3.24 Å². The molecule has 0 bridgehead atoms. The summed E-state index contributed by atoms with van der Waals surface area (Å²) in [5.74, 6) is 1.03. The van der Waals surface area contributed by atoms with E-state index in [0.717, 1.165) is 5.92 Å². The molecular formula is C11H26ArNP. The zero-order chi connectivity index (χ0) is 10.1. The molecule has 0 N–H and O–H groups in total. The number of hydrogen-bond acceptors (Lipinski definition) is 1. The Morgan fingerprint density at radius 2 is 1.71 bits per heavy atom. The quantitative estimate of drug-likeness (QED) is 0.683. The molecule has 1 saturated heterocycles. The molecule has 1 aliphatic heterocycles. The van der Waals surface area contributed by atoms with Crippen LogP contribution in [0.4, 0.5) is 0 Å². The minimum Gasteiger partial charge on any atom is -0.287 e. The van der Waals surface area contributed by atoms with Crippen molar-refractivity contribution in [3.05, 3.63) is 0 Å². The van der Waals surface area contributed by atoms with E-state index in [-0.39, 0.29) is 37.7 Å². The second kappa shape index (κ2) is 12.7. The molecule has 0 spiro atoms. The van der Waals surface area contributed by atoms with Gasteiger partial charge < -0.3 is 0 Å². The Labute approximate surface area is 123 Å². The molecule has 14 heavy (non-hydrogen) atoms. The minimum absolute atomic E-state index is 0. The molecular weight excluding hydrogens is 217 g/mol. The van der Waals surface area contributed by atoms with Crippen LogP contribution in [0.15, 0.2) is 0 Å². The fourth-order valence-electron chi connectivity index (χ4n) is 1.73. The zero-order valence-corrected chi connectivity index (χ0v) is 11.8. The van der Waals surface area contributed by atoms with Gasteiger partial charge in [-0.2, -0.15) is 0 Å². The van der Waals surface area contributed by atoms with Crippen LogP contribution < -0.4 is 0 Å². The van der Waals surface area contributed by atoms with Crippen molar-refractivity contribution in [1.82, 2.24) is 4.67 Å². The molecule has 1 fully saturated rings. The Kier molecular flexibility index (Phi) is 16.4. The molecule has 0 aromatic carbocycles. The number of rotatable bonds is 3. The molecule has 1 nitrogen and oxygen atoms in total. The molecule has 1 aliphatic rings. The standard InChI is InChI=1S/C9H20NP.C2H6.Ar/c1-2-3-4-9-5-7-10(11)8-6-9;1-2;/h9H,2-8,11H2,1H3;1-2H3;. The van der Waals surface area contributed by atoms with Crippen molar-refractivity contribution >= 4 is 9.39 Å². The van der Waals surface area contributed by atoms with Gasteiger partial charge in [0.1, 0.15) is 0 Å². The van der Waals surface area contributed by atoms with Crippen LogP contribution in [-0.2, 0) is 0 Å². The summed E-state index contributed by atoms with van der Waals surface area (Å²) in [7, 11) is 2.80. The van der Waals surface area contributed by atoms with E-state index in [2.05, 4.69) is 21.0 Å². The predicted molar refractivity (Wildman–Crippen MR) is 64.9 cm³/mol. The number of piperidine rings is 1. The third-order valence-corrected chi connectivity index (χ3v) is 3.13. The van der Waals surface area contributed by atoms with Crippen LogP contribution in [0.25, 0.3) is 0 Å². The van der Waals surface area contributed by atoms with E-state index >= 15 is 0 Å². The van der Waals surface area contributed by atoms with Gasteiger partial charge in [0.15, 0.2) is 0 Å². The first kappa shape index (κ1) is 18.0. The van der Waals surface area contributed by atoms with Crippen LogP contribution in [0.5, 0.6) is 0 Å². The average molecular weight is 243 g/mol. The van der Waals surface area contributed by atoms with Crippen molar-refractivity contribution in [2.24, 2.45) is 5.92 Å². The van der Waals surface area contributed by atoms with Crippen molar-refractivity contribution in [2.75, 3.05) is 13.1 Å². The first-order valence-corrected chi connectivity index (χ1v) is 6.34. The van der Waals surface area contributed by atoms with E-state index in [1.165, 1.54) is 45.2 Å². The molecule has 0 aromatic rings. The minimum atomic E-state index is 0. The number of hydrogen-bond donors (Lipinski definition) is 0. The zero-order valence-electron chi connectivity index (χ0n) is 9.91. The van der Waals surface area contributed by atoms with Crippen LogP contribution in [0.3, 0.4) is 0 Å². The van der Waals surface area contributed by atoms with Gasteiger partial charge in [-0.25, -0.2) is 0 Å². The fraction of sp³-hybridized carbons (Fsp3) is 1.00. The summed E-state index contributed by atoms with van der Waals surface area (Å²) >= 11 is 0. The van der Waals surface area contributed by atoms with Gasteiger partial charge >= 0.3 is 0 Å². The Morgan fingerprint density at radius 1 is 1.21 bits per heavy atom. The molecule has 0 aliphatic carbocycles. The Bertz CT molecular complexity index is 101. The van der Waals surface area contributed by atoms with E-state index < -0.39 is 0 Å². The Balaban J connectivity index is 0. The smallest absolute Gasteiger partial charge is 0.00188 e. The third kappa shape index (κ3) is 8.92. The fourth-order valence-corrected chi connectivity index (χ4v) is 2.03. The maximum absolute atomic E-state index is 2.80. The van der Waals surface area contributed by atoms with Crippen LogP contribution in [0, 0.1) is 43.7 Å². The predicted octanol–water partition coefficient (Wildman–Crippen LogP) is 3.70. The molecule has 0 radical (unpaired) electrons. The first-order valence-electron chi connectivity index (χ1n) is 5.82. The monoisotopic (exact) mass is 243 g/mol. The molecule has 0 aromatic heterocycles. The molecule has 0 amide bonds. The van der Waals surface area contributed by atoms with Gasteiger partial charge in [-0.1, -0.05) is 49.4 Å². The maximum Gasteiger partial charge on any atom is 0.00188 e. The SMILES string of the molecule is CC.CCCCC1CCN(P)CC1.[Ar]. The second-order valence-corrected chi connectivity index (χ2v) is 4.35. The van der Waals surface area contributed by atoms with Gasteiger partial charge in [0.05, 0.1) is 0 Å². The summed E-state index contributed by atoms with van der Waals surface area (Å²) in [5, 5.41) is 0. The molecule has 1 atom stereocenters. The van der Waals surface area contributed by atoms with Gasteiger partial charge in [0, 0.05) is 50.8 Å². The van der Waals surface area contributed by atoms with Gasteiger partial charge in [0.25, 0.3) is 0 Å². The number of unbranched alkanes of at least 4 members (excludes halogenated alkanes) is 1. The van der Waals surface area contributed by atoms with Crippen molar-refractivity contribution in [2.45, 2.75) is 52.9 Å². The van der Waals surface area contributed by atoms with E-state index in [9.17, 15) is 0 Å². The van der Waals surface area contributed by atoms with E-state index in [1.54, 1.807) is 0 Å². The summed E-state index contributed by atoms with van der Waals surface area (Å²) < 4.78 is 2.36. The Hall–Kier alpha value is 1.65. The molecule has 0 saturated carbocycles. The van der Waals surface area contributed by atoms with Crippen LogP contribution in [-0.4, -0.2) is 17.8 Å². The maximum atomic E-state index is 2.80. The van der Waals surface area contributed by atoms with Crippen molar-refractivity contribution < 1.29 is 37.7 Å². The molecule has 1 rings (SSSR count). The molecule has 1 unspecified atom stereocenters. The molecule has 1 heterocycles. The largest absolute Gasteiger partial charge is 0.287 e. The summed E-state index contributed by atoms with van der Waals surface area (Å²) in [5.41, 5.74) is 0. The van der Waals surface area contributed by atoms with Gasteiger partial charge in [-0.3, -0.25) is 4.67 Å². The van der Waals surface area contributed by atoms with Gasteiger partial charge in [-0.15, -0.1) is 0 Å². The summed E-state index contributed by atoms with van der Waals surface area (Å²) in [4.78, 5) is 0.